The summed E-state index contributed by atoms with van der Waals surface area (Å²) in [4.78, 5) is 7.55. The van der Waals surface area contributed by atoms with Crippen LogP contribution in [0.5, 0.6) is 0 Å². The second-order valence-corrected chi connectivity index (χ2v) is 12.6. The zero-order chi connectivity index (χ0) is 25.6. The van der Waals surface area contributed by atoms with Gasteiger partial charge in [0.15, 0.2) is 13.2 Å². The standard InChI is InChI=1S/C27H28N2OP.ClHO4/c1-22-28-26(27(30-22)29-20-12-5-13-21-29)31(23-14-6-2-7-15-23,24-16-8-3-9-17-24)25-18-10-4-11-19-25;2-1(3,4)5/h2-4,6-11,14-19H,5,12-13,20-21H2,1H3;(H,2,3,4,5)/q+1;. The van der Waals surface area contributed by atoms with Gasteiger partial charge in [-0.2, -0.15) is 19.0 Å². The van der Waals surface area contributed by atoms with E-state index < -0.39 is 17.5 Å². The van der Waals surface area contributed by atoms with Crippen LogP contribution < -0.4 is 40.2 Å². The highest BCUT2D eigenvalue weighted by Gasteiger charge is 2.53. The molecule has 188 valence electrons. The van der Waals surface area contributed by atoms with Gasteiger partial charge in [-0.05, 0) is 55.7 Å². The number of aryl methyl sites for hydroxylation is 1. The Labute approximate surface area is 213 Å². The van der Waals surface area contributed by atoms with Gasteiger partial charge in [-0.25, -0.2) is 0 Å². The largest absolute Gasteiger partial charge is 0.421 e. The monoisotopic (exact) mass is 527 g/mol. The third-order valence-corrected chi connectivity index (χ3v) is 10.2. The van der Waals surface area contributed by atoms with Crippen molar-refractivity contribution in [3.63, 3.8) is 0 Å². The van der Waals surface area contributed by atoms with Crippen LogP contribution in [0.2, 0.25) is 0 Å². The predicted octanol–water partition coefficient (Wildman–Crippen LogP) is 0.469. The van der Waals surface area contributed by atoms with Crippen molar-refractivity contribution in [1.29, 1.82) is 0 Å². The van der Waals surface area contributed by atoms with Gasteiger partial charge in [0.2, 0.25) is 0 Å². The molecular formula is C27H29ClN2O5P+. The first-order valence-electron chi connectivity index (χ1n) is 11.7. The molecule has 5 rings (SSSR count). The van der Waals surface area contributed by atoms with E-state index in [9.17, 15) is 0 Å². The number of nitrogens with zero attached hydrogens (tertiary/aromatic N) is 2. The van der Waals surface area contributed by atoms with Crippen LogP contribution in [-0.4, -0.2) is 22.7 Å². The van der Waals surface area contributed by atoms with Crippen molar-refractivity contribution in [3.05, 3.63) is 96.9 Å². The minimum atomic E-state index is -4.69. The number of oxazole rings is 1. The van der Waals surface area contributed by atoms with E-state index in [1.165, 1.54) is 35.2 Å². The van der Waals surface area contributed by atoms with Crippen molar-refractivity contribution in [1.82, 2.24) is 4.98 Å². The first-order valence-corrected chi connectivity index (χ1v) is 14.8. The van der Waals surface area contributed by atoms with E-state index in [1.807, 2.05) is 6.92 Å². The molecule has 2 heterocycles. The maximum absolute atomic E-state index is 8.60. The molecule has 7 nitrogen and oxygen atoms in total. The number of benzene rings is 3. The molecule has 0 atom stereocenters. The fourth-order valence-corrected chi connectivity index (χ4v) is 8.95. The second kappa shape index (κ2) is 11.5. The topological polar surface area (TPSA) is 119 Å². The van der Waals surface area contributed by atoms with Crippen molar-refractivity contribution >= 4 is 34.5 Å². The lowest BCUT2D eigenvalue weighted by molar-refractivity contribution is -1.92. The van der Waals surface area contributed by atoms with E-state index in [0.717, 1.165) is 30.3 Å². The summed E-state index contributed by atoms with van der Waals surface area (Å²) in [5.74, 6) is 1.70. The average molecular weight is 528 g/mol. The van der Waals surface area contributed by atoms with Crippen LogP contribution in [-0.2, 0) is 0 Å². The lowest BCUT2D eigenvalue weighted by Gasteiger charge is -2.30. The highest BCUT2D eigenvalue weighted by atomic mass is 35.7. The third kappa shape index (κ3) is 5.95. The zero-order valence-corrected chi connectivity index (χ0v) is 21.6. The van der Waals surface area contributed by atoms with Crippen LogP contribution in [0.3, 0.4) is 0 Å². The van der Waals surface area contributed by atoms with E-state index >= 15 is 0 Å². The molecule has 1 fully saturated rings. The summed E-state index contributed by atoms with van der Waals surface area (Å²) in [7, 11) is -6.93. The average Bonchev–Trinajstić information content (AvgIpc) is 3.28. The quantitative estimate of drug-likeness (QED) is 0.375. The van der Waals surface area contributed by atoms with Gasteiger partial charge in [0.25, 0.3) is 11.3 Å². The van der Waals surface area contributed by atoms with E-state index in [-0.39, 0.29) is 0 Å². The molecule has 1 aromatic heterocycles. The van der Waals surface area contributed by atoms with Crippen LogP contribution in [0.1, 0.15) is 25.2 Å². The van der Waals surface area contributed by atoms with Crippen molar-refractivity contribution < 1.29 is 33.3 Å². The van der Waals surface area contributed by atoms with Gasteiger partial charge in [-0.1, -0.05) is 54.6 Å². The molecule has 1 aliphatic heterocycles. The summed E-state index contributed by atoms with van der Waals surface area (Å²) in [6.07, 6.45) is 3.69. The first kappa shape index (κ1) is 26.3. The molecule has 0 saturated carbocycles. The van der Waals surface area contributed by atoms with Crippen molar-refractivity contribution in [2.75, 3.05) is 18.0 Å². The van der Waals surface area contributed by atoms with Crippen molar-refractivity contribution in [2.45, 2.75) is 26.2 Å². The molecule has 1 N–H and O–H groups in total. The minimum absolute atomic E-state index is 0.739. The molecule has 3 aromatic carbocycles. The molecular weight excluding hydrogens is 499 g/mol. The summed E-state index contributed by atoms with van der Waals surface area (Å²) in [5, 5.41) is 3.91. The van der Waals surface area contributed by atoms with Gasteiger partial charge in [0, 0.05) is 20.0 Å². The van der Waals surface area contributed by atoms with Gasteiger partial charge < -0.3 is 9.32 Å². The van der Waals surface area contributed by atoms with Gasteiger partial charge in [0.05, 0.1) is 14.9 Å². The normalized spacial score (nSPS) is 14.2. The summed E-state index contributed by atoms with van der Waals surface area (Å²) < 4.78 is 39.1. The number of piperidine rings is 1. The van der Waals surface area contributed by atoms with Crippen LogP contribution in [0.15, 0.2) is 95.4 Å². The maximum atomic E-state index is 8.60. The maximum Gasteiger partial charge on any atom is 0.261 e. The highest BCUT2D eigenvalue weighted by molar-refractivity contribution is 8.01. The van der Waals surface area contributed by atoms with Gasteiger partial charge in [-0.15, -0.1) is 0 Å². The molecule has 1 aliphatic rings. The smallest absolute Gasteiger partial charge is 0.261 e. The zero-order valence-electron chi connectivity index (χ0n) is 20.0. The first-order chi connectivity index (χ1) is 17.3. The number of halogens is 1. The van der Waals surface area contributed by atoms with E-state index in [4.69, 9.17) is 28.0 Å². The molecule has 36 heavy (non-hydrogen) atoms. The Morgan fingerprint density at radius 3 is 1.53 bits per heavy atom. The number of anilines is 1. The summed E-state index contributed by atoms with van der Waals surface area (Å²) in [6, 6.07) is 32.7. The fourth-order valence-electron chi connectivity index (χ4n) is 4.70. The van der Waals surface area contributed by atoms with Crippen molar-refractivity contribution in [3.8, 4) is 0 Å². The second-order valence-electron chi connectivity index (χ2n) is 8.48. The van der Waals surface area contributed by atoms with Crippen molar-refractivity contribution in [2.24, 2.45) is 0 Å². The Morgan fingerprint density at radius 2 is 1.14 bits per heavy atom. The lowest BCUT2D eigenvalue weighted by atomic mass is 10.1. The van der Waals surface area contributed by atoms with Gasteiger partial charge in [0.1, 0.15) is 15.9 Å². The van der Waals surface area contributed by atoms with E-state index in [0.29, 0.717) is 0 Å². The predicted molar refractivity (Wildman–Crippen MR) is 134 cm³/mol. The van der Waals surface area contributed by atoms with Crippen LogP contribution in [0.4, 0.5) is 5.88 Å². The third-order valence-electron chi connectivity index (χ3n) is 6.09. The summed E-state index contributed by atoms with van der Waals surface area (Å²) >= 11 is 0. The van der Waals surface area contributed by atoms with Gasteiger partial charge in [-0.3, -0.25) is 0 Å². The minimum Gasteiger partial charge on any atom is -0.421 e. The van der Waals surface area contributed by atoms with Crippen LogP contribution in [0.25, 0.3) is 0 Å². The Kier molecular flexibility index (Phi) is 8.42. The lowest BCUT2D eigenvalue weighted by Crippen LogP contribution is -2.58. The highest BCUT2D eigenvalue weighted by Crippen LogP contribution is 2.56. The number of rotatable bonds is 5. The Morgan fingerprint density at radius 1 is 0.750 bits per heavy atom. The molecule has 0 amide bonds. The molecule has 0 aliphatic carbocycles. The van der Waals surface area contributed by atoms with E-state index in [2.05, 4.69) is 95.9 Å². The van der Waals surface area contributed by atoms with Gasteiger partial charge >= 0.3 is 0 Å². The molecule has 0 unspecified atom stereocenters. The van der Waals surface area contributed by atoms with Crippen LogP contribution >= 0.6 is 7.26 Å². The molecule has 4 aromatic rings. The molecule has 0 bridgehead atoms. The Hall–Kier alpha value is -2.77. The molecule has 9 heteroatoms. The van der Waals surface area contributed by atoms with E-state index in [1.54, 1.807) is 0 Å². The summed E-state index contributed by atoms with van der Waals surface area (Å²) in [6.45, 7) is 4.03. The number of aromatic nitrogens is 1. The summed E-state index contributed by atoms with van der Waals surface area (Å²) in [5.41, 5.74) is 1.09. The molecule has 0 spiro atoms. The fraction of sp³-hybridized carbons (Fsp3) is 0.222. The van der Waals surface area contributed by atoms with Crippen LogP contribution in [0, 0.1) is 17.2 Å². The molecule has 1 saturated heterocycles. The Balaban J connectivity index is 0.000000556. The Bertz CT molecular complexity index is 1120. The molecule has 0 radical (unpaired) electrons. The number of hydrogen-bond acceptors (Lipinski definition) is 7. The number of hydrogen-bond donors (Lipinski definition) is 1. The SMILES string of the molecule is Cc1nc([P+](c2ccccc2)(c2ccccc2)c2ccccc2)c(N2CCCCC2)o1.[O-][Cl+3]([O-])([O-])O.